The van der Waals surface area contributed by atoms with Gasteiger partial charge in [0.05, 0.1) is 0 Å². The smallest absolute Gasteiger partial charge is 0.164 e. The molecule has 4 nitrogen and oxygen atoms in total. The molecule has 2 heterocycles. The molecule has 0 fully saturated rings. The largest absolute Gasteiger partial charge is 0.456 e. The molecular weight excluding hydrogens is 623 g/mol. The second-order valence-electron chi connectivity index (χ2n) is 12.8. The Balaban J connectivity index is 1.25. The molecule has 8 aromatic carbocycles. The van der Waals surface area contributed by atoms with Gasteiger partial charge < -0.3 is 4.42 Å². The fraction of sp³-hybridized carbons (Fsp3) is 0. The lowest BCUT2D eigenvalue weighted by Crippen LogP contribution is -2.01. The van der Waals surface area contributed by atoms with Crippen LogP contribution in [0.2, 0.25) is 0 Å². The molecule has 0 unspecified atom stereocenters. The van der Waals surface area contributed by atoms with Gasteiger partial charge in [-0.3, -0.25) is 0 Å². The quantitative estimate of drug-likeness (QED) is 0.186. The van der Waals surface area contributed by atoms with E-state index in [0.717, 1.165) is 71.3 Å². The normalized spacial score (nSPS) is 11.5. The lowest BCUT2D eigenvalue weighted by atomic mass is 9.98. The number of hydrogen-bond acceptors (Lipinski definition) is 4. The summed E-state index contributed by atoms with van der Waals surface area (Å²) in [7, 11) is 0. The van der Waals surface area contributed by atoms with Crippen molar-refractivity contribution in [1.82, 2.24) is 15.0 Å². The maximum absolute atomic E-state index is 6.49. The second-order valence-corrected chi connectivity index (χ2v) is 12.8. The summed E-state index contributed by atoms with van der Waals surface area (Å²) in [5.74, 6) is 1.83. The van der Waals surface area contributed by atoms with Crippen LogP contribution >= 0.6 is 0 Å². The first kappa shape index (κ1) is 29.0. The summed E-state index contributed by atoms with van der Waals surface area (Å²) >= 11 is 0. The van der Waals surface area contributed by atoms with Crippen molar-refractivity contribution in [3.05, 3.63) is 176 Å². The Labute approximate surface area is 294 Å². The maximum atomic E-state index is 6.49. The summed E-state index contributed by atoms with van der Waals surface area (Å²) in [6, 6.07) is 61.1. The number of rotatable bonds is 5. The average molecular weight is 652 g/mol. The number of benzene rings is 8. The van der Waals surface area contributed by atoms with Crippen molar-refractivity contribution in [2.24, 2.45) is 0 Å². The number of fused-ring (bicyclic) bond motifs is 5. The molecule has 10 aromatic rings. The van der Waals surface area contributed by atoms with Crippen molar-refractivity contribution in [2.45, 2.75) is 0 Å². The highest BCUT2D eigenvalue weighted by molar-refractivity contribution is 6.13. The molecule has 2 aromatic heterocycles. The number of aromatic nitrogens is 3. The van der Waals surface area contributed by atoms with E-state index in [-0.39, 0.29) is 0 Å². The molecule has 0 atom stereocenters. The molecule has 0 spiro atoms. The van der Waals surface area contributed by atoms with Crippen molar-refractivity contribution in [3.8, 4) is 56.4 Å². The monoisotopic (exact) mass is 651 g/mol. The SMILES string of the molecule is c1ccc(-c2ccc3ccc(-c4nc(-c5cccc6ccccc56)nc(-c5cc(-c6ccccc6)cc6oc7ccccc7c56)n4)cc3c2)cc1. The van der Waals surface area contributed by atoms with Crippen molar-refractivity contribution >= 4 is 43.5 Å². The fourth-order valence-electron chi connectivity index (χ4n) is 7.19. The molecule has 0 radical (unpaired) electrons. The third kappa shape index (κ3) is 5.13. The Kier molecular flexibility index (Phi) is 6.78. The Morgan fingerprint density at radius 3 is 1.73 bits per heavy atom. The predicted octanol–water partition coefficient (Wildman–Crippen LogP) is 12.4. The summed E-state index contributed by atoms with van der Waals surface area (Å²) in [5.41, 5.74) is 8.86. The molecule has 0 N–H and O–H groups in total. The van der Waals surface area contributed by atoms with Gasteiger partial charge in [0, 0.05) is 27.5 Å². The van der Waals surface area contributed by atoms with Gasteiger partial charge in [-0.15, -0.1) is 0 Å². The van der Waals surface area contributed by atoms with Gasteiger partial charge in [0.1, 0.15) is 11.2 Å². The van der Waals surface area contributed by atoms with Gasteiger partial charge in [-0.2, -0.15) is 0 Å². The van der Waals surface area contributed by atoms with Crippen LogP contribution in [0.4, 0.5) is 0 Å². The number of furan rings is 1. The Morgan fingerprint density at radius 2 is 0.922 bits per heavy atom. The van der Waals surface area contributed by atoms with Crippen molar-refractivity contribution in [2.75, 3.05) is 0 Å². The topological polar surface area (TPSA) is 51.8 Å². The van der Waals surface area contributed by atoms with Crippen LogP contribution in [-0.2, 0) is 0 Å². The van der Waals surface area contributed by atoms with Gasteiger partial charge in [-0.1, -0.05) is 146 Å². The predicted molar refractivity (Wildman–Crippen MR) is 209 cm³/mol. The van der Waals surface area contributed by atoms with Crippen LogP contribution in [0, 0.1) is 0 Å². The van der Waals surface area contributed by atoms with E-state index in [1.807, 2.05) is 30.3 Å². The molecule has 238 valence electrons. The minimum atomic E-state index is 0.593. The zero-order chi connectivity index (χ0) is 33.7. The summed E-state index contributed by atoms with van der Waals surface area (Å²) < 4.78 is 6.49. The highest BCUT2D eigenvalue weighted by Crippen LogP contribution is 2.40. The molecule has 0 saturated carbocycles. The number of nitrogens with zero attached hydrogens (tertiary/aromatic N) is 3. The van der Waals surface area contributed by atoms with E-state index in [9.17, 15) is 0 Å². The first-order valence-corrected chi connectivity index (χ1v) is 17.1. The van der Waals surface area contributed by atoms with Gasteiger partial charge >= 0.3 is 0 Å². The summed E-state index contributed by atoms with van der Waals surface area (Å²) in [6.45, 7) is 0. The highest BCUT2D eigenvalue weighted by Gasteiger charge is 2.20. The van der Waals surface area contributed by atoms with Gasteiger partial charge in [-0.25, -0.2) is 15.0 Å². The van der Waals surface area contributed by atoms with E-state index >= 15 is 0 Å². The summed E-state index contributed by atoms with van der Waals surface area (Å²) in [5, 5.41) is 6.51. The number of para-hydroxylation sites is 1. The molecule has 4 heteroatoms. The van der Waals surface area contributed by atoms with Crippen LogP contribution in [0.5, 0.6) is 0 Å². The second kappa shape index (κ2) is 11.9. The molecular formula is C47H29N3O. The van der Waals surface area contributed by atoms with Crippen molar-refractivity contribution < 1.29 is 4.42 Å². The van der Waals surface area contributed by atoms with Gasteiger partial charge in [0.2, 0.25) is 0 Å². The fourth-order valence-corrected chi connectivity index (χ4v) is 7.19. The van der Waals surface area contributed by atoms with E-state index in [1.54, 1.807) is 0 Å². The van der Waals surface area contributed by atoms with E-state index in [2.05, 4.69) is 146 Å². The lowest BCUT2D eigenvalue weighted by molar-refractivity contribution is 0.669. The maximum Gasteiger partial charge on any atom is 0.164 e. The van der Waals surface area contributed by atoms with Gasteiger partial charge in [0.15, 0.2) is 17.5 Å². The van der Waals surface area contributed by atoms with Crippen LogP contribution < -0.4 is 0 Å². The van der Waals surface area contributed by atoms with Gasteiger partial charge in [0.25, 0.3) is 0 Å². The van der Waals surface area contributed by atoms with Crippen LogP contribution in [-0.4, -0.2) is 15.0 Å². The standard InChI is InChI=1S/C47H29N3O/c1-3-12-30(13-4-1)34-24-22-32-23-25-35(27-36(32)26-34)45-48-46(39-20-11-17-33-16-7-8-18-38(33)39)50-47(49-45)41-28-37(31-14-5-2-6-15-31)29-43-44(41)40-19-9-10-21-42(40)51-43/h1-29H. The molecule has 10 rings (SSSR count). The molecule has 51 heavy (non-hydrogen) atoms. The Hall–Kier alpha value is -6.91. The third-order valence-electron chi connectivity index (χ3n) is 9.70. The first-order chi connectivity index (χ1) is 25.2. The zero-order valence-electron chi connectivity index (χ0n) is 27.5. The van der Waals surface area contributed by atoms with E-state index in [4.69, 9.17) is 19.4 Å². The van der Waals surface area contributed by atoms with Gasteiger partial charge in [-0.05, 0) is 74.1 Å². The first-order valence-electron chi connectivity index (χ1n) is 17.1. The van der Waals surface area contributed by atoms with Crippen LogP contribution in [0.1, 0.15) is 0 Å². The van der Waals surface area contributed by atoms with Crippen LogP contribution in [0.15, 0.2) is 180 Å². The Morgan fingerprint density at radius 1 is 0.314 bits per heavy atom. The minimum Gasteiger partial charge on any atom is -0.456 e. The minimum absolute atomic E-state index is 0.593. The third-order valence-corrected chi connectivity index (χ3v) is 9.70. The van der Waals surface area contributed by atoms with Crippen molar-refractivity contribution in [3.63, 3.8) is 0 Å². The Bertz CT molecular complexity index is 2910. The molecule has 0 aliphatic rings. The van der Waals surface area contributed by atoms with Crippen LogP contribution in [0.25, 0.3) is 99.9 Å². The molecule has 0 aliphatic heterocycles. The lowest BCUT2D eigenvalue weighted by Gasteiger charge is -2.13. The van der Waals surface area contributed by atoms with E-state index in [0.29, 0.717) is 17.5 Å². The van der Waals surface area contributed by atoms with E-state index in [1.165, 1.54) is 11.1 Å². The molecule has 0 bridgehead atoms. The summed E-state index contributed by atoms with van der Waals surface area (Å²) in [4.78, 5) is 15.7. The van der Waals surface area contributed by atoms with Crippen LogP contribution in [0.3, 0.4) is 0 Å². The van der Waals surface area contributed by atoms with Crippen molar-refractivity contribution in [1.29, 1.82) is 0 Å². The number of hydrogen-bond donors (Lipinski definition) is 0. The van der Waals surface area contributed by atoms with E-state index < -0.39 is 0 Å². The molecule has 0 saturated heterocycles. The average Bonchev–Trinajstić information content (AvgIpc) is 3.59. The zero-order valence-corrected chi connectivity index (χ0v) is 27.5. The molecule has 0 amide bonds. The highest BCUT2D eigenvalue weighted by atomic mass is 16.3. The summed E-state index contributed by atoms with van der Waals surface area (Å²) in [6.07, 6.45) is 0. The molecule has 0 aliphatic carbocycles.